The minimum atomic E-state index is -0.115. The fourth-order valence-electron chi connectivity index (χ4n) is 2.22. The molecule has 0 aliphatic carbocycles. The highest BCUT2D eigenvalue weighted by atomic mass is 35.5. The zero-order chi connectivity index (χ0) is 14.4. The molecule has 0 spiro atoms. The van der Waals surface area contributed by atoms with Crippen LogP contribution in [-0.4, -0.2) is 43.2 Å². The van der Waals surface area contributed by atoms with Crippen LogP contribution in [0.2, 0.25) is 0 Å². The number of hydrogen-bond acceptors (Lipinski definition) is 4. The second kappa shape index (κ2) is 10.8. The van der Waals surface area contributed by atoms with Gasteiger partial charge in [0.1, 0.15) is 0 Å². The number of anilines is 1. The molecule has 0 saturated carbocycles. The first kappa shape index (κ1) is 21.1. The van der Waals surface area contributed by atoms with E-state index in [9.17, 15) is 4.79 Å². The normalized spacial score (nSPS) is 16.1. The monoisotopic (exact) mass is 349 g/mol. The first-order chi connectivity index (χ1) is 9.63. The van der Waals surface area contributed by atoms with Gasteiger partial charge in [-0.15, -0.1) is 24.8 Å². The van der Waals surface area contributed by atoms with Crippen LogP contribution in [0, 0.1) is 0 Å². The number of hydrogen-bond donors (Lipinski definition) is 2. The summed E-state index contributed by atoms with van der Waals surface area (Å²) in [6.07, 6.45) is 0.343. The van der Waals surface area contributed by atoms with E-state index in [1.54, 1.807) is 0 Å². The Morgan fingerprint density at radius 1 is 1.27 bits per heavy atom. The largest absolute Gasteiger partial charge is 0.379 e. The van der Waals surface area contributed by atoms with E-state index in [1.165, 1.54) is 5.56 Å². The molecule has 1 saturated heterocycles. The van der Waals surface area contributed by atoms with E-state index in [4.69, 9.17) is 10.5 Å². The van der Waals surface area contributed by atoms with E-state index in [1.807, 2.05) is 19.1 Å². The van der Waals surface area contributed by atoms with Crippen LogP contribution >= 0.6 is 24.8 Å². The second-order valence-electron chi connectivity index (χ2n) is 5.32. The molecule has 3 N–H and O–H groups in total. The molecule has 0 aromatic heterocycles. The summed E-state index contributed by atoms with van der Waals surface area (Å²) in [4.78, 5) is 14.0. The summed E-state index contributed by atoms with van der Waals surface area (Å²) in [5.41, 5.74) is 7.67. The van der Waals surface area contributed by atoms with Gasteiger partial charge in [-0.1, -0.05) is 12.1 Å². The van der Waals surface area contributed by atoms with Crippen LogP contribution in [0.25, 0.3) is 0 Å². The van der Waals surface area contributed by atoms with Crippen LogP contribution in [0.3, 0.4) is 0 Å². The van der Waals surface area contributed by atoms with Gasteiger partial charge in [-0.3, -0.25) is 9.69 Å². The highest BCUT2D eigenvalue weighted by Crippen LogP contribution is 2.12. The minimum absolute atomic E-state index is 0. The first-order valence-corrected chi connectivity index (χ1v) is 7.08. The van der Waals surface area contributed by atoms with Crippen LogP contribution in [0.1, 0.15) is 18.9 Å². The van der Waals surface area contributed by atoms with Gasteiger partial charge in [0.15, 0.2) is 0 Å². The van der Waals surface area contributed by atoms with Crippen LogP contribution in [-0.2, 0) is 16.1 Å². The average molecular weight is 350 g/mol. The standard InChI is InChI=1S/C15H23N3O2.2ClH/c1-12(16)10-15(19)17-14-4-2-13(3-5-14)11-18-6-8-20-9-7-18;;/h2-5,12H,6-11,16H2,1H3,(H,17,19);2*1H. The SMILES string of the molecule is CC(N)CC(=O)Nc1ccc(CN2CCOCC2)cc1.Cl.Cl. The second-order valence-corrected chi connectivity index (χ2v) is 5.32. The Hall–Kier alpha value is -0.850. The Bertz CT molecular complexity index is 435. The van der Waals surface area contributed by atoms with Crippen molar-refractivity contribution in [2.45, 2.75) is 25.9 Å². The topological polar surface area (TPSA) is 67.6 Å². The summed E-state index contributed by atoms with van der Waals surface area (Å²) in [5.74, 6) is -0.0408. The molecule has 2 rings (SSSR count). The highest BCUT2D eigenvalue weighted by molar-refractivity contribution is 5.91. The lowest BCUT2D eigenvalue weighted by Gasteiger charge is -2.26. The van der Waals surface area contributed by atoms with Gasteiger partial charge >= 0.3 is 0 Å². The van der Waals surface area contributed by atoms with E-state index in [2.05, 4.69) is 22.3 Å². The summed E-state index contributed by atoms with van der Waals surface area (Å²) in [6.45, 7) is 6.33. The molecule has 126 valence electrons. The van der Waals surface area contributed by atoms with Crippen molar-refractivity contribution in [2.75, 3.05) is 31.6 Å². The van der Waals surface area contributed by atoms with E-state index in [0.29, 0.717) is 6.42 Å². The maximum Gasteiger partial charge on any atom is 0.225 e. The van der Waals surface area contributed by atoms with Crippen molar-refractivity contribution in [1.29, 1.82) is 0 Å². The number of carbonyl (C=O) groups is 1. The summed E-state index contributed by atoms with van der Waals surface area (Å²) in [7, 11) is 0. The molecule has 1 aliphatic rings. The van der Waals surface area contributed by atoms with Crippen molar-refractivity contribution in [3.8, 4) is 0 Å². The van der Waals surface area contributed by atoms with Crippen molar-refractivity contribution < 1.29 is 9.53 Å². The van der Waals surface area contributed by atoms with Crippen molar-refractivity contribution in [3.63, 3.8) is 0 Å². The fourth-order valence-corrected chi connectivity index (χ4v) is 2.22. The molecule has 0 radical (unpaired) electrons. The number of morpholine rings is 1. The van der Waals surface area contributed by atoms with Crippen LogP contribution in [0.5, 0.6) is 0 Å². The van der Waals surface area contributed by atoms with Gasteiger partial charge in [0.05, 0.1) is 13.2 Å². The first-order valence-electron chi connectivity index (χ1n) is 7.08. The number of nitrogens with one attached hydrogen (secondary N) is 1. The molecule has 7 heteroatoms. The molecule has 1 aromatic carbocycles. The number of nitrogens with two attached hydrogens (primary N) is 1. The number of ether oxygens (including phenoxy) is 1. The van der Waals surface area contributed by atoms with Gasteiger partial charge in [-0.2, -0.15) is 0 Å². The van der Waals surface area contributed by atoms with Gasteiger partial charge in [0.25, 0.3) is 0 Å². The lowest BCUT2D eigenvalue weighted by Crippen LogP contribution is -2.35. The zero-order valence-corrected chi connectivity index (χ0v) is 14.4. The van der Waals surface area contributed by atoms with Crippen molar-refractivity contribution in [1.82, 2.24) is 4.90 Å². The Morgan fingerprint density at radius 3 is 2.41 bits per heavy atom. The van der Waals surface area contributed by atoms with Crippen LogP contribution < -0.4 is 11.1 Å². The highest BCUT2D eigenvalue weighted by Gasteiger charge is 2.10. The lowest BCUT2D eigenvalue weighted by molar-refractivity contribution is -0.116. The molecule has 0 bridgehead atoms. The Kier molecular flexibility index (Phi) is 10.4. The number of nitrogens with zero attached hydrogens (tertiary/aromatic N) is 1. The van der Waals surface area contributed by atoms with Crippen molar-refractivity contribution in [2.24, 2.45) is 5.73 Å². The van der Waals surface area contributed by atoms with Crippen molar-refractivity contribution >= 4 is 36.4 Å². The summed E-state index contributed by atoms with van der Waals surface area (Å²) in [5, 5.41) is 2.85. The maximum atomic E-state index is 11.6. The maximum absolute atomic E-state index is 11.6. The molecule has 1 aliphatic heterocycles. The summed E-state index contributed by atoms with van der Waals surface area (Å²) in [6, 6.07) is 7.87. The fraction of sp³-hybridized carbons (Fsp3) is 0.533. The third kappa shape index (κ3) is 7.42. The van der Waals surface area contributed by atoms with Gasteiger partial charge in [-0.05, 0) is 24.6 Å². The number of rotatable bonds is 5. The Morgan fingerprint density at radius 2 is 1.86 bits per heavy atom. The molecule has 1 heterocycles. The zero-order valence-electron chi connectivity index (χ0n) is 12.8. The van der Waals surface area contributed by atoms with E-state index in [-0.39, 0.29) is 36.8 Å². The van der Waals surface area contributed by atoms with Crippen LogP contribution in [0.4, 0.5) is 5.69 Å². The lowest BCUT2D eigenvalue weighted by atomic mass is 10.1. The predicted octanol–water partition coefficient (Wildman–Crippen LogP) is 2.04. The summed E-state index contributed by atoms with van der Waals surface area (Å²) < 4.78 is 5.33. The van der Waals surface area contributed by atoms with Crippen molar-refractivity contribution in [3.05, 3.63) is 29.8 Å². The quantitative estimate of drug-likeness (QED) is 0.853. The predicted molar refractivity (Wildman–Crippen MR) is 93.9 cm³/mol. The minimum Gasteiger partial charge on any atom is -0.379 e. The molecule has 1 amide bonds. The number of carbonyl (C=O) groups excluding carboxylic acids is 1. The van der Waals surface area contributed by atoms with Gasteiger partial charge in [-0.25, -0.2) is 0 Å². The average Bonchev–Trinajstić information content (AvgIpc) is 2.41. The Labute approximate surface area is 144 Å². The van der Waals surface area contributed by atoms with Crippen LogP contribution in [0.15, 0.2) is 24.3 Å². The van der Waals surface area contributed by atoms with Gasteiger partial charge < -0.3 is 15.8 Å². The number of benzene rings is 1. The summed E-state index contributed by atoms with van der Waals surface area (Å²) >= 11 is 0. The molecule has 5 nitrogen and oxygen atoms in total. The molecule has 22 heavy (non-hydrogen) atoms. The molecule has 1 aromatic rings. The number of amides is 1. The smallest absolute Gasteiger partial charge is 0.225 e. The third-order valence-electron chi connectivity index (χ3n) is 3.25. The molecular weight excluding hydrogens is 325 g/mol. The molecular formula is C15H25Cl2N3O2. The molecule has 1 fully saturated rings. The Balaban J connectivity index is 0.00000220. The van der Waals surface area contributed by atoms with Gasteiger partial charge in [0.2, 0.25) is 5.91 Å². The molecule has 1 atom stereocenters. The van der Waals surface area contributed by atoms with Gasteiger partial charge in [0, 0.05) is 37.8 Å². The number of halogens is 2. The third-order valence-corrected chi connectivity index (χ3v) is 3.25. The van der Waals surface area contributed by atoms with E-state index < -0.39 is 0 Å². The van der Waals surface area contributed by atoms with E-state index in [0.717, 1.165) is 38.5 Å². The molecule has 1 unspecified atom stereocenters. The van der Waals surface area contributed by atoms with E-state index >= 15 is 0 Å².